The van der Waals surface area contributed by atoms with Crippen LogP contribution in [0.3, 0.4) is 0 Å². The van der Waals surface area contributed by atoms with Gasteiger partial charge in [0.25, 0.3) is 5.91 Å². The smallest absolute Gasteiger partial charge is 0.257 e. The average molecular weight is 279 g/mol. The van der Waals surface area contributed by atoms with Gasteiger partial charge in [0.1, 0.15) is 11.4 Å². The summed E-state index contributed by atoms with van der Waals surface area (Å²) in [4.78, 5) is 16.5. The molecule has 1 aromatic rings. The van der Waals surface area contributed by atoms with E-state index in [-0.39, 0.29) is 5.91 Å². The molecule has 0 spiro atoms. The third-order valence-electron chi connectivity index (χ3n) is 3.38. The largest absolute Gasteiger partial charge is 0.383 e. The topological polar surface area (TPSA) is 62.7 Å². The van der Waals surface area contributed by atoms with Gasteiger partial charge in [0.2, 0.25) is 0 Å². The van der Waals surface area contributed by atoms with Crippen LogP contribution in [0.4, 0.5) is 4.39 Å². The molecule has 0 radical (unpaired) electrons. The van der Waals surface area contributed by atoms with Crippen LogP contribution < -0.4 is 10.6 Å². The lowest BCUT2D eigenvalue weighted by Crippen LogP contribution is -2.44. The fourth-order valence-corrected chi connectivity index (χ4v) is 2.27. The lowest BCUT2D eigenvalue weighted by molar-refractivity contribution is -0.124. The van der Waals surface area contributed by atoms with Gasteiger partial charge in [-0.05, 0) is 12.5 Å². The highest BCUT2D eigenvalue weighted by Crippen LogP contribution is 2.30. The Kier molecular flexibility index (Phi) is 4.34. The zero-order valence-electron chi connectivity index (χ0n) is 11.6. The van der Waals surface area contributed by atoms with E-state index in [2.05, 4.69) is 15.6 Å². The summed E-state index contributed by atoms with van der Waals surface area (Å²) in [5, 5.41) is 5.67. The fourth-order valence-electron chi connectivity index (χ4n) is 2.27. The van der Waals surface area contributed by atoms with Crippen molar-refractivity contribution in [3.63, 3.8) is 0 Å². The number of nitrogens with zero attached hydrogens (tertiary/aromatic N) is 1. The van der Waals surface area contributed by atoms with Crippen molar-refractivity contribution >= 4 is 11.9 Å². The van der Waals surface area contributed by atoms with Crippen molar-refractivity contribution in [3.05, 3.63) is 35.6 Å². The molecule has 0 aromatic heterocycles. The van der Waals surface area contributed by atoms with E-state index in [9.17, 15) is 9.18 Å². The van der Waals surface area contributed by atoms with Crippen LogP contribution >= 0.6 is 0 Å². The maximum absolute atomic E-state index is 14.0. The number of methoxy groups -OCH3 is 1. The number of carbonyl (C=O) groups excluding carboxylic acids is 1. The third kappa shape index (κ3) is 2.51. The maximum Gasteiger partial charge on any atom is 0.257 e. The lowest BCUT2D eigenvalue weighted by atomic mass is 9.87. The summed E-state index contributed by atoms with van der Waals surface area (Å²) in [7, 11) is 1.58. The summed E-state index contributed by atoms with van der Waals surface area (Å²) in [6, 6.07) is 6.28. The molecular formula is C14H18FN3O2. The summed E-state index contributed by atoms with van der Waals surface area (Å²) in [5.74, 6) is -0.339. The molecule has 2 rings (SSSR count). The lowest BCUT2D eigenvalue weighted by Gasteiger charge is -2.25. The third-order valence-corrected chi connectivity index (χ3v) is 3.38. The molecule has 0 aliphatic carbocycles. The molecule has 1 aliphatic heterocycles. The number of hydrogen-bond donors (Lipinski definition) is 2. The van der Waals surface area contributed by atoms with E-state index in [1.807, 2.05) is 6.92 Å². The molecule has 0 saturated carbocycles. The van der Waals surface area contributed by atoms with Gasteiger partial charge >= 0.3 is 0 Å². The minimum Gasteiger partial charge on any atom is -0.383 e. The number of amides is 1. The Morgan fingerprint density at radius 1 is 1.40 bits per heavy atom. The molecule has 1 unspecified atom stereocenters. The molecule has 1 atom stereocenters. The first-order valence-corrected chi connectivity index (χ1v) is 6.52. The van der Waals surface area contributed by atoms with Gasteiger partial charge in [0, 0.05) is 12.7 Å². The molecule has 6 heteroatoms. The predicted octanol–water partition coefficient (Wildman–Crippen LogP) is 1.15. The Morgan fingerprint density at radius 3 is 2.80 bits per heavy atom. The number of ether oxygens (including phenoxy) is 1. The van der Waals surface area contributed by atoms with Crippen LogP contribution in [0.5, 0.6) is 0 Å². The quantitative estimate of drug-likeness (QED) is 0.795. The van der Waals surface area contributed by atoms with E-state index in [4.69, 9.17) is 4.74 Å². The zero-order valence-corrected chi connectivity index (χ0v) is 11.6. The summed E-state index contributed by atoms with van der Waals surface area (Å²) < 4.78 is 18.9. The summed E-state index contributed by atoms with van der Waals surface area (Å²) in [6.07, 6.45) is 0.420. The fraction of sp³-hybridized carbons (Fsp3) is 0.429. The zero-order chi connectivity index (χ0) is 14.6. The highest BCUT2D eigenvalue weighted by molar-refractivity contribution is 6.09. The Hall–Kier alpha value is -1.95. The Balaban J connectivity index is 2.30. The molecule has 108 valence electrons. The number of halogens is 1. The van der Waals surface area contributed by atoms with Crippen molar-refractivity contribution in [2.75, 3.05) is 20.3 Å². The van der Waals surface area contributed by atoms with Gasteiger partial charge in [-0.1, -0.05) is 25.1 Å². The van der Waals surface area contributed by atoms with Crippen LogP contribution in [0.25, 0.3) is 0 Å². The van der Waals surface area contributed by atoms with Gasteiger partial charge in [0.05, 0.1) is 13.2 Å². The van der Waals surface area contributed by atoms with E-state index in [0.29, 0.717) is 31.1 Å². The first kappa shape index (κ1) is 14.5. The molecule has 1 fully saturated rings. The number of guanidine groups is 1. The van der Waals surface area contributed by atoms with Crippen molar-refractivity contribution in [1.82, 2.24) is 10.6 Å². The van der Waals surface area contributed by atoms with Crippen molar-refractivity contribution in [3.8, 4) is 0 Å². The van der Waals surface area contributed by atoms with Gasteiger partial charge < -0.3 is 10.1 Å². The second-order valence-electron chi connectivity index (χ2n) is 4.54. The Morgan fingerprint density at radius 2 is 2.15 bits per heavy atom. The molecule has 1 aromatic carbocycles. The van der Waals surface area contributed by atoms with Crippen molar-refractivity contribution in [1.29, 1.82) is 0 Å². The van der Waals surface area contributed by atoms with Gasteiger partial charge in [-0.2, -0.15) is 0 Å². The highest BCUT2D eigenvalue weighted by atomic mass is 19.1. The standard InChI is InChI=1S/C14H18FN3O2/c1-3-14(10-6-4-5-7-11(10)15)12(19)17-13(18-14)16-8-9-20-2/h4-7H,3,8-9H2,1-2H3,(H2,16,17,18,19). The van der Waals surface area contributed by atoms with Gasteiger partial charge in [-0.25, -0.2) is 4.39 Å². The summed E-state index contributed by atoms with van der Waals surface area (Å²) in [6.45, 7) is 2.72. The minimum absolute atomic E-state index is 0.290. The van der Waals surface area contributed by atoms with Crippen LogP contribution in [0.1, 0.15) is 18.9 Å². The second kappa shape index (κ2) is 6.00. The van der Waals surface area contributed by atoms with E-state index < -0.39 is 11.4 Å². The summed E-state index contributed by atoms with van der Waals surface area (Å²) >= 11 is 0. The van der Waals surface area contributed by atoms with Gasteiger partial charge in [-0.15, -0.1) is 0 Å². The summed E-state index contributed by atoms with van der Waals surface area (Å²) in [5.41, 5.74) is -0.769. The molecular weight excluding hydrogens is 261 g/mol. The van der Waals surface area contributed by atoms with Crippen molar-refractivity contribution in [2.24, 2.45) is 4.99 Å². The molecule has 20 heavy (non-hydrogen) atoms. The number of rotatable bonds is 5. The van der Waals surface area contributed by atoms with Crippen LogP contribution in [-0.4, -0.2) is 32.1 Å². The number of benzene rings is 1. The molecule has 1 heterocycles. The maximum atomic E-state index is 14.0. The number of hydrogen-bond acceptors (Lipinski definition) is 3. The van der Waals surface area contributed by atoms with Crippen molar-refractivity contribution in [2.45, 2.75) is 18.9 Å². The Labute approximate surface area is 117 Å². The second-order valence-corrected chi connectivity index (χ2v) is 4.54. The molecule has 1 amide bonds. The highest BCUT2D eigenvalue weighted by Gasteiger charge is 2.46. The predicted molar refractivity (Wildman–Crippen MR) is 73.8 cm³/mol. The molecule has 1 aliphatic rings. The minimum atomic E-state index is -1.10. The molecule has 5 nitrogen and oxygen atoms in total. The van der Waals surface area contributed by atoms with Crippen LogP contribution in [-0.2, 0) is 15.1 Å². The average Bonchev–Trinajstić information content (AvgIpc) is 2.77. The van der Waals surface area contributed by atoms with E-state index in [1.54, 1.807) is 25.3 Å². The number of nitrogens with one attached hydrogen (secondary N) is 2. The molecule has 2 N–H and O–H groups in total. The normalized spacial score (nSPS) is 23.8. The van der Waals surface area contributed by atoms with Gasteiger partial charge in [0.15, 0.2) is 5.96 Å². The van der Waals surface area contributed by atoms with Crippen molar-refractivity contribution < 1.29 is 13.9 Å². The van der Waals surface area contributed by atoms with E-state index in [0.717, 1.165) is 0 Å². The van der Waals surface area contributed by atoms with Crippen LogP contribution in [0, 0.1) is 5.82 Å². The monoisotopic (exact) mass is 279 g/mol. The first-order chi connectivity index (χ1) is 9.64. The van der Waals surface area contributed by atoms with E-state index >= 15 is 0 Å². The van der Waals surface area contributed by atoms with Gasteiger partial charge in [-0.3, -0.25) is 15.1 Å². The number of carbonyl (C=O) groups is 1. The molecule has 0 bridgehead atoms. The van der Waals surface area contributed by atoms with Crippen LogP contribution in [0.15, 0.2) is 29.3 Å². The molecule has 1 saturated heterocycles. The van der Waals surface area contributed by atoms with E-state index in [1.165, 1.54) is 6.07 Å². The first-order valence-electron chi connectivity index (χ1n) is 6.52. The van der Waals surface area contributed by atoms with Crippen LogP contribution in [0.2, 0.25) is 0 Å². The Bertz CT molecular complexity index is 533. The number of aliphatic imine (C=N–C) groups is 1. The SMILES string of the molecule is CCC1(c2ccccc2F)NC(=NCCOC)NC1=O.